The predicted molar refractivity (Wildman–Crippen MR) is 123 cm³/mol. The van der Waals surface area contributed by atoms with Crippen LogP contribution in [0.25, 0.3) is 11.3 Å². The Labute approximate surface area is 186 Å². The zero-order valence-corrected chi connectivity index (χ0v) is 18.3. The number of carbonyl (C=O) groups excluding carboxylic acids is 2. The minimum Gasteiger partial charge on any atom is -0.492 e. The number of anilines is 1. The second-order valence-electron chi connectivity index (χ2n) is 7.44. The van der Waals surface area contributed by atoms with E-state index in [-0.39, 0.29) is 23.9 Å². The van der Waals surface area contributed by atoms with Gasteiger partial charge in [0.15, 0.2) is 0 Å². The van der Waals surface area contributed by atoms with E-state index < -0.39 is 0 Å². The van der Waals surface area contributed by atoms with Crippen LogP contribution in [0.1, 0.15) is 18.1 Å². The normalized spacial score (nSPS) is 10.5. The highest BCUT2D eigenvalue weighted by Gasteiger charge is 2.10. The van der Waals surface area contributed by atoms with Crippen molar-refractivity contribution in [2.75, 3.05) is 18.5 Å². The lowest BCUT2D eigenvalue weighted by atomic mass is 10.0. The first-order chi connectivity index (χ1) is 15.3. The molecule has 166 valence electrons. The first-order valence-corrected chi connectivity index (χ1v) is 10.2. The van der Waals surface area contributed by atoms with Crippen LogP contribution >= 0.6 is 0 Å². The summed E-state index contributed by atoms with van der Waals surface area (Å²) in [5.74, 6) is 0.143. The number of aryl methyl sites for hydroxylation is 2. The molecule has 0 saturated heterocycles. The van der Waals surface area contributed by atoms with Gasteiger partial charge in [-0.2, -0.15) is 5.10 Å². The van der Waals surface area contributed by atoms with Crippen LogP contribution in [-0.2, 0) is 16.1 Å². The van der Waals surface area contributed by atoms with Crippen LogP contribution in [0, 0.1) is 13.8 Å². The van der Waals surface area contributed by atoms with Gasteiger partial charge in [0.1, 0.15) is 18.9 Å². The standard InChI is InChI=1S/C24H26N4O4/c1-16-4-5-17(2)21(14-16)22-10-11-24(31)28(27-22)15-23(30)26-19-6-8-20(9-7-19)32-13-12-25-18(3)29/h4-11,14H,12-13,15H2,1-3H3,(H,25,29)(H,26,30). The molecular formula is C24H26N4O4. The Morgan fingerprint density at radius 2 is 1.78 bits per heavy atom. The third-order valence-corrected chi connectivity index (χ3v) is 4.71. The molecule has 2 amide bonds. The van der Waals surface area contributed by atoms with Gasteiger partial charge < -0.3 is 15.4 Å². The predicted octanol–water partition coefficient (Wildman–Crippen LogP) is 2.68. The first kappa shape index (κ1) is 22.7. The van der Waals surface area contributed by atoms with Gasteiger partial charge in [-0.05, 0) is 55.8 Å². The van der Waals surface area contributed by atoms with Crippen LogP contribution in [0.5, 0.6) is 5.75 Å². The third-order valence-electron chi connectivity index (χ3n) is 4.71. The molecule has 0 bridgehead atoms. The molecule has 0 atom stereocenters. The Balaban J connectivity index is 1.63. The summed E-state index contributed by atoms with van der Waals surface area (Å²) in [6.45, 7) is 5.97. The van der Waals surface area contributed by atoms with Crippen molar-refractivity contribution in [3.05, 3.63) is 76.1 Å². The molecule has 0 saturated carbocycles. The van der Waals surface area contributed by atoms with Crippen molar-refractivity contribution in [2.45, 2.75) is 27.3 Å². The lowest BCUT2D eigenvalue weighted by Crippen LogP contribution is -2.29. The van der Waals surface area contributed by atoms with Crippen LogP contribution in [0.15, 0.2) is 59.4 Å². The maximum Gasteiger partial charge on any atom is 0.267 e. The highest BCUT2D eigenvalue weighted by molar-refractivity contribution is 5.90. The van der Waals surface area contributed by atoms with Crippen molar-refractivity contribution < 1.29 is 14.3 Å². The van der Waals surface area contributed by atoms with Crippen molar-refractivity contribution in [3.63, 3.8) is 0 Å². The molecule has 0 aliphatic carbocycles. The van der Waals surface area contributed by atoms with E-state index in [1.54, 1.807) is 30.3 Å². The maximum atomic E-state index is 12.5. The Hall–Kier alpha value is -3.94. The fraction of sp³-hybridized carbons (Fsp3) is 0.250. The molecule has 32 heavy (non-hydrogen) atoms. The Morgan fingerprint density at radius 3 is 2.50 bits per heavy atom. The van der Waals surface area contributed by atoms with Gasteiger partial charge in [-0.3, -0.25) is 14.4 Å². The minimum absolute atomic E-state index is 0.111. The molecule has 8 nitrogen and oxygen atoms in total. The topological polar surface area (TPSA) is 102 Å². The van der Waals surface area contributed by atoms with Crippen LogP contribution in [-0.4, -0.2) is 34.7 Å². The van der Waals surface area contributed by atoms with Crippen LogP contribution < -0.4 is 20.9 Å². The fourth-order valence-corrected chi connectivity index (χ4v) is 3.08. The van der Waals surface area contributed by atoms with E-state index in [4.69, 9.17) is 4.74 Å². The van der Waals surface area contributed by atoms with E-state index in [1.165, 1.54) is 13.0 Å². The highest BCUT2D eigenvalue weighted by atomic mass is 16.5. The number of nitrogens with one attached hydrogen (secondary N) is 2. The lowest BCUT2D eigenvalue weighted by molar-refractivity contribution is -0.119. The molecule has 0 spiro atoms. The average molecular weight is 434 g/mol. The molecule has 0 aliphatic rings. The average Bonchev–Trinajstić information content (AvgIpc) is 2.75. The van der Waals surface area contributed by atoms with E-state index in [0.717, 1.165) is 21.4 Å². The molecule has 0 unspecified atom stereocenters. The summed E-state index contributed by atoms with van der Waals surface area (Å²) in [6, 6.07) is 16.0. The molecule has 0 aliphatic heterocycles. The maximum absolute atomic E-state index is 12.5. The van der Waals surface area contributed by atoms with Gasteiger partial charge in [0.05, 0.1) is 12.2 Å². The number of hydrogen-bond donors (Lipinski definition) is 2. The van der Waals surface area contributed by atoms with Gasteiger partial charge in [-0.15, -0.1) is 0 Å². The highest BCUT2D eigenvalue weighted by Crippen LogP contribution is 2.21. The van der Waals surface area contributed by atoms with Crippen molar-refractivity contribution in [2.24, 2.45) is 0 Å². The number of nitrogens with zero attached hydrogens (tertiary/aromatic N) is 2. The number of aromatic nitrogens is 2. The quantitative estimate of drug-likeness (QED) is 0.531. The second-order valence-corrected chi connectivity index (χ2v) is 7.44. The fourth-order valence-electron chi connectivity index (χ4n) is 3.08. The molecule has 8 heteroatoms. The van der Waals surface area contributed by atoms with E-state index in [0.29, 0.717) is 30.3 Å². The lowest BCUT2D eigenvalue weighted by Gasteiger charge is -2.11. The zero-order chi connectivity index (χ0) is 23.1. The monoisotopic (exact) mass is 434 g/mol. The van der Waals surface area contributed by atoms with E-state index in [2.05, 4.69) is 15.7 Å². The summed E-state index contributed by atoms with van der Waals surface area (Å²) in [5.41, 5.74) is 3.91. The number of ether oxygens (including phenoxy) is 1. The van der Waals surface area contributed by atoms with Crippen molar-refractivity contribution in [3.8, 4) is 17.0 Å². The van der Waals surface area contributed by atoms with Gasteiger partial charge in [-0.1, -0.05) is 17.7 Å². The molecule has 2 aromatic carbocycles. The van der Waals surface area contributed by atoms with Crippen molar-refractivity contribution in [1.29, 1.82) is 0 Å². The van der Waals surface area contributed by atoms with Crippen molar-refractivity contribution >= 4 is 17.5 Å². The van der Waals surface area contributed by atoms with E-state index in [9.17, 15) is 14.4 Å². The smallest absolute Gasteiger partial charge is 0.267 e. The van der Waals surface area contributed by atoms with Crippen LogP contribution in [0.3, 0.4) is 0 Å². The van der Waals surface area contributed by atoms with Crippen LogP contribution in [0.2, 0.25) is 0 Å². The molecule has 0 radical (unpaired) electrons. The SMILES string of the molecule is CC(=O)NCCOc1ccc(NC(=O)Cn2nc(-c3cc(C)ccc3C)ccc2=O)cc1. The molecule has 3 rings (SSSR count). The third kappa shape index (κ3) is 6.28. The number of hydrogen-bond acceptors (Lipinski definition) is 5. The Morgan fingerprint density at radius 1 is 1.03 bits per heavy atom. The number of amides is 2. The summed E-state index contributed by atoms with van der Waals surface area (Å²) in [5, 5.41) is 9.79. The Kier molecular flexibility index (Phi) is 7.38. The van der Waals surface area contributed by atoms with E-state index >= 15 is 0 Å². The minimum atomic E-state index is -0.364. The van der Waals surface area contributed by atoms with Gasteiger partial charge in [0.2, 0.25) is 11.8 Å². The van der Waals surface area contributed by atoms with Gasteiger partial charge in [0, 0.05) is 24.2 Å². The molecule has 1 aromatic heterocycles. The number of benzene rings is 2. The van der Waals surface area contributed by atoms with Gasteiger partial charge >= 0.3 is 0 Å². The number of carbonyl (C=O) groups is 2. The van der Waals surface area contributed by atoms with Gasteiger partial charge in [0.25, 0.3) is 5.56 Å². The second kappa shape index (κ2) is 10.4. The molecule has 3 aromatic rings. The van der Waals surface area contributed by atoms with Crippen LogP contribution in [0.4, 0.5) is 5.69 Å². The molecular weight excluding hydrogens is 408 g/mol. The molecule has 2 N–H and O–H groups in total. The zero-order valence-electron chi connectivity index (χ0n) is 18.3. The van der Waals surface area contributed by atoms with Gasteiger partial charge in [-0.25, -0.2) is 4.68 Å². The molecule has 1 heterocycles. The largest absolute Gasteiger partial charge is 0.492 e. The first-order valence-electron chi connectivity index (χ1n) is 10.2. The van der Waals surface area contributed by atoms with Crippen molar-refractivity contribution in [1.82, 2.24) is 15.1 Å². The summed E-state index contributed by atoms with van der Waals surface area (Å²) in [7, 11) is 0. The molecule has 0 fully saturated rings. The number of rotatable bonds is 8. The summed E-state index contributed by atoms with van der Waals surface area (Å²) >= 11 is 0. The summed E-state index contributed by atoms with van der Waals surface area (Å²) < 4.78 is 6.68. The Bertz CT molecular complexity index is 1170. The summed E-state index contributed by atoms with van der Waals surface area (Å²) in [6.07, 6.45) is 0. The van der Waals surface area contributed by atoms with E-state index in [1.807, 2.05) is 32.0 Å². The summed E-state index contributed by atoms with van der Waals surface area (Å²) in [4.78, 5) is 35.6.